The summed E-state index contributed by atoms with van der Waals surface area (Å²) in [6, 6.07) is 10.2. The predicted octanol–water partition coefficient (Wildman–Crippen LogP) is 6.54. The molecule has 1 saturated carbocycles. The van der Waals surface area contributed by atoms with Gasteiger partial charge in [0.2, 0.25) is 0 Å². The van der Waals surface area contributed by atoms with Gasteiger partial charge >= 0.3 is 0 Å². The summed E-state index contributed by atoms with van der Waals surface area (Å²) in [5.74, 6) is 4.81. The van der Waals surface area contributed by atoms with E-state index in [0.717, 1.165) is 44.6 Å². The fourth-order valence-electron chi connectivity index (χ4n) is 3.48. The quantitative estimate of drug-likeness (QED) is 0.360. The van der Waals surface area contributed by atoms with Crippen molar-refractivity contribution < 1.29 is 4.21 Å². The molecule has 0 saturated heterocycles. The first-order chi connectivity index (χ1) is 14.4. The van der Waals surface area contributed by atoms with Gasteiger partial charge < -0.3 is 0 Å². The molecule has 0 aliphatic heterocycles. The number of rotatable bonds is 8. The monoisotopic (exact) mass is 456 g/mol. The Hall–Kier alpha value is -1.89. The van der Waals surface area contributed by atoms with Gasteiger partial charge in [0.15, 0.2) is 0 Å². The highest BCUT2D eigenvalue weighted by atomic mass is 32.2. The van der Waals surface area contributed by atoms with E-state index in [-0.39, 0.29) is 0 Å². The van der Waals surface area contributed by atoms with Crippen molar-refractivity contribution >= 4 is 55.6 Å². The molecule has 0 bridgehead atoms. The number of thiazole rings is 1. The first kappa shape index (κ1) is 21.3. The summed E-state index contributed by atoms with van der Waals surface area (Å²) in [7, 11) is -2.56. The fourth-order valence-corrected chi connectivity index (χ4v) is 7.27. The Morgan fingerprint density at radius 2 is 2.13 bits per heavy atom. The topological polar surface area (TPSA) is 33.2 Å². The van der Waals surface area contributed by atoms with Crippen LogP contribution in [0.2, 0.25) is 0 Å². The Labute approximate surface area is 188 Å². The Kier molecular flexibility index (Phi) is 6.19. The third-order valence-electron chi connectivity index (χ3n) is 5.51. The molecule has 1 aromatic carbocycles. The van der Waals surface area contributed by atoms with Crippen LogP contribution in [-0.2, 0) is 16.1 Å². The number of aromatic nitrogens is 1. The summed E-state index contributed by atoms with van der Waals surface area (Å²) in [6.45, 7) is 7.18. The molecule has 1 fully saturated rings. The molecule has 3 nitrogen and oxygen atoms in total. The number of thiophene rings is 1. The van der Waals surface area contributed by atoms with Gasteiger partial charge in [-0.25, -0.2) is 9.19 Å². The largest absolute Gasteiger partial charge is 0.295 e. The van der Waals surface area contributed by atoms with E-state index in [2.05, 4.69) is 60.2 Å². The maximum Gasteiger partial charge on any atom is 0.119 e. The smallest absolute Gasteiger partial charge is 0.119 e. The molecule has 2 aromatic heterocycles. The Morgan fingerprint density at radius 1 is 1.33 bits per heavy atom. The van der Waals surface area contributed by atoms with Crippen molar-refractivity contribution in [1.29, 1.82) is 0 Å². The van der Waals surface area contributed by atoms with E-state index in [1.165, 1.54) is 29.1 Å². The molecule has 30 heavy (non-hydrogen) atoms. The molecule has 1 aliphatic rings. The van der Waals surface area contributed by atoms with Crippen molar-refractivity contribution in [2.75, 3.05) is 10.8 Å². The molecule has 0 radical (unpaired) electrons. The highest BCUT2D eigenvalue weighted by Crippen LogP contribution is 2.37. The average molecular weight is 457 g/mol. The van der Waals surface area contributed by atoms with Crippen LogP contribution >= 0.6 is 22.7 Å². The zero-order valence-corrected chi connectivity index (χ0v) is 20.2. The van der Waals surface area contributed by atoms with Crippen molar-refractivity contribution in [3.8, 4) is 0 Å². The van der Waals surface area contributed by atoms with Crippen molar-refractivity contribution in [3.05, 3.63) is 62.9 Å². The number of hydrogen-bond acceptors (Lipinski definition) is 4. The van der Waals surface area contributed by atoms with Crippen LogP contribution in [0.25, 0.3) is 11.6 Å². The minimum Gasteiger partial charge on any atom is -0.295 e. The van der Waals surface area contributed by atoms with Crippen LogP contribution in [0.5, 0.6) is 0 Å². The Balaban J connectivity index is 1.73. The van der Waals surface area contributed by atoms with Gasteiger partial charge in [-0.3, -0.25) is 4.31 Å². The zero-order valence-electron chi connectivity index (χ0n) is 17.8. The number of benzene rings is 1. The summed E-state index contributed by atoms with van der Waals surface area (Å²) in [6.07, 6.45) is 7.59. The second-order valence-corrected chi connectivity index (χ2v) is 12.4. The standard InChI is InChI=1S/C24H28N2OS3/c1-5-21-15-25-24(29-21)17(2)14-20-8-6-9-22(18(20)3)26(16-19-11-12-19)30(4,27)23-10-7-13-28-23/h6-10,13-15,19H,4-5,11-12,16H2,1-3H3/b17-14+. The third kappa shape index (κ3) is 4.41. The van der Waals surface area contributed by atoms with Crippen molar-refractivity contribution in [3.63, 3.8) is 0 Å². The van der Waals surface area contributed by atoms with E-state index in [9.17, 15) is 4.21 Å². The first-order valence-corrected chi connectivity index (χ1v) is 13.7. The van der Waals surface area contributed by atoms with E-state index in [4.69, 9.17) is 0 Å². The fraction of sp³-hybridized carbons (Fsp3) is 0.333. The molecular weight excluding hydrogens is 428 g/mol. The molecule has 1 atom stereocenters. The molecule has 1 aliphatic carbocycles. The first-order valence-electron chi connectivity index (χ1n) is 10.3. The maximum atomic E-state index is 13.9. The summed E-state index contributed by atoms with van der Waals surface area (Å²) < 4.78 is 16.8. The van der Waals surface area contributed by atoms with Gasteiger partial charge in [0.05, 0.1) is 15.4 Å². The van der Waals surface area contributed by atoms with Crippen LogP contribution < -0.4 is 4.31 Å². The Morgan fingerprint density at radius 3 is 2.77 bits per heavy atom. The number of nitrogens with zero attached hydrogens (tertiary/aromatic N) is 2. The van der Waals surface area contributed by atoms with Crippen LogP contribution in [0, 0.1) is 12.8 Å². The molecule has 158 valence electrons. The molecule has 3 aromatic rings. The Bertz CT molecular complexity index is 1150. The molecule has 1 unspecified atom stereocenters. The van der Waals surface area contributed by atoms with Crippen LogP contribution in [0.1, 0.15) is 47.7 Å². The van der Waals surface area contributed by atoms with Crippen molar-refractivity contribution in [1.82, 2.24) is 4.98 Å². The van der Waals surface area contributed by atoms with E-state index in [1.54, 1.807) is 11.3 Å². The lowest BCUT2D eigenvalue weighted by Gasteiger charge is -2.30. The maximum absolute atomic E-state index is 13.9. The third-order valence-corrected chi connectivity index (χ3v) is 10.3. The molecule has 6 heteroatoms. The number of anilines is 1. The lowest BCUT2D eigenvalue weighted by Crippen LogP contribution is -2.33. The van der Waals surface area contributed by atoms with Gasteiger partial charge in [-0.1, -0.05) is 25.1 Å². The van der Waals surface area contributed by atoms with Gasteiger partial charge in [0, 0.05) is 17.6 Å². The van der Waals surface area contributed by atoms with Gasteiger partial charge in [0.25, 0.3) is 0 Å². The van der Waals surface area contributed by atoms with Gasteiger partial charge in [-0.2, -0.15) is 0 Å². The van der Waals surface area contributed by atoms with Crippen LogP contribution in [0.15, 0.2) is 46.1 Å². The molecule has 0 N–H and O–H groups in total. The highest BCUT2D eigenvalue weighted by molar-refractivity contribution is 8.03. The van der Waals surface area contributed by atoms with E-state index >= 15 is 0 Å². The zero-order chi connectivity index (χ0) is 21.3. The van der Waals surface area contributed by atoms with Crippen molar-refractivity contribution in [2.45, 2.75) is 44.2 Å². The van der Waals surface area contributed by atoms with Crippen LogP contribution in [0.3, 0.4) is 0 Å². The molecule has 0 amide bonds. The van der Waals surface area contributed by atoms with Crippen LogP contribution in [0.4, 0.5) is 5.69 Å². The molecule has 2 heterocycles. The second kappa shape index (κ2) is 8.69. The lowest BCUT2D eigenvalue weighted by atomic mass is 10.0. The van der Waals surface area contributed by atoms with Crippen molar-refractivity contribution in [2.24, 2.45) is 5.92 Å². The molecule has 4 rings (SSSR count). The SMILES string of the molecule is C=S(=O)(c1cccs1)N(CC1CC1)c1cccc(/C=C(\C)c2ncc(CC)s2)c1C. The summed E-state index contributed by atoms with van der Waals surface area (Å²) in [5.41, 5.74) is 4.45. The van der Waals surface area contributed by atoms with E-state index in [0.29, 0.717) is 5.92 Å². The normalized spacial score (nSPS) is 16.4. The number of allylic oxidation sites excluding steroid dienone is 1. The minimum absolute atomic E-state index is 0.607. The van der Waals surface area contributed by atoms with Gasteiger partial charge in [-0.15, -0.1) is 22.7 Å². The summed E-state index contributed by atoms with van der Waals surface area (Å²) >= 11 is 3.28. The lowest BCUT2D eigenvalue weighted by molar-refractivity contribution is 0.674. The van der Waals surface area contributed by atoms with E-state index in [1.807, 2.05) is 23.7 Å². The average Bonchev–Trinajstić information content (AvgIpc) is 3.20. The van der Waals surface area contributed by atoms with Gasteiger partial charge in [0.1, 0.15) is 9.22 Å². The summed E-state index contributed by atoms with van der Waals surface area (Å²) in [4.78, 5) is 5.87. The predicted molar refractivity (Wildman–Crippen MR) is 134 cm³/mol. The van der Waals surface area contributed by atoms with E-state index < -0.39 is 9.71 Å². The number of hydrogen-bond donors (Lipinski definition) is 0. The molecular formula is C24H28N2OS3. The highest BCUT2D eigenvalue weighted by Gasteiger charge is 2.30. The minimum atomic E-state index is -2.56. The number of aryl methyl sites for hydroxylation is 1. The second-order valence-electron chi connectivity index (χ2n) is 7.88. The van der Waals surface area contributed by atoms with Crippen LogP contribution in [-0.4, -0.2) is 21.6 Å². The molecule has 0 spiro atoms. The van der Waals surface area contributed by atoms with Gasteiger partial charge in [-0.05, 0) is 85.2 Å². The summed E-state index contributed by atoms with van der Waals surface area (Å²) in [5, 5.41) is 3.04.